The van der Waals surface area contributed by atoms with E-state index >= 15 is 0 Å². The van der Waals surface area contributed by atoms with Gasteiger partial charge < -0.3 is 0 Å². The molecule has 0 aromatic rings. The summed E-state index contributed by atoms with van der Waals surface area (Å²) in [6.45, 7) is 0. The summed E-state index contributed by atoms with van der Waals surface area (Å²) in [5.74, 6) is 0. The summed E-state index contributed by atoms with van der Waals surface area (Å²) in [7, 11) is 0. The monoisotopic (exact) mass is 456 g/mol. The van der Waals surface area contributed by atoms with Gasteiger partial charge in [0.1, 0.15) is 0 Å². The minimum atomic E-state index is -0.508. The maximum absolute atomic E-state index is 1.74. The first kappa shape index (κ1) is 25.2. The predicted molar refractivity (Wildman–Crippen MR) is 142 cm³/mol. The summed E-state index contributed by atoms with van der Waals surface area (Å²) in [6, 6.07) is 0. The number of hydrogen-bond donors (Lipinski definition) is 0. The molecule has 0 aromatic heterocycles. The molecule has 0 saturated heterocycles. The first-order valence-corrected chi connectivity index (χ1v) is 19.7. The van der Waals surface area contributed by atoms with E-state index in [0.29, 0.717) is 0 Å². The van der Waals surface area contributed by atoms with E-state index in [1.807, 2.05) is 0 Å². The van der Waals surface area contributed by atoms with Crippen LogP contribution in [0.1, 0.15) is 148 Å². The first-order chi connectivity index (χ1) is 15.4. The summed E-state index contributed by atoms with van der Waals surface area (Å²) in [6.07, 6.45) is 36.9. The quantitative estimate of drug-likeness (QED) is 0.226. The Morgan fingerprint density at radius 3 is 0.839 bits per heavy atom. The second-order valence-corrected chi connectivity index (χ2v) is 20.1. The normalized spacial score (nSPS) is 25.5. The van der Waals surface area contributed by atoms with Crippen LogP contribution in [0, 0.1) is 0 Å². The Morgan fingerprint density at radius 1 is 0.323 bits per heavy atom. The number of hydrogen-bond acceptors (Lipinski definition) is 0. The van der Waals surface area contributed by atoms with Crippen LogP contribution in [0.5, 0.6) is 0 Å². The van der Waals surface area contributed by atoms with Gasteiger partial charge in [-0.25, -0.2) is 0 Å². The van der Waals surface area contributed by atoms with Crippen LogP contribution in [0.15, 0.2) is 0 Å². The molecule has 31 heavy (non-hydrogen) atoms. The lowest BCUT2D eigenvalue weighted by molar-refractivity contribution is 0.457. The van der Waals surface area contributed by atoms with Crippen molar-refractivity contribution >= 4 is 28.3 Å². The third-order valence-electron chi connectivity index (χ3n) is 10.6. The third-order valence-corrected chi connectivity index (χ3v) is 20.3. The highest BCUT2D eigenvalue weighted by molar-refractivity contribution is 6.62. The van der Waals surface area contributed by atoms with Crippen LogP contribution in [0.3, 0.4) is 0 Å². The van der Waals surface area contributed by atoms with E-state index in [2.05, 4.69) is 0 Å². The molecule has 4 fully saturated rings. The fourth-order valence-electron chi connectivity index (χ4n) is 8.90. The van der Waals surface area contributed by atoms with Crippen LogP contribution in [-0.2, 0) is 0 Å². The largest absolute Gasteiger partial charge is 0.268 e. The molecule has 0 nitrogen and oxygen atoms in total. The fraction of sp³-hybridized carbons (Fsp3) is 1.00. The van der Waals surface area contributed by atoms with Crippen molar-refractivity contribution < 1.29 is 0 Å². The summed E-state index contributed by atoms with van der Waals surface area (Å²) in [4.78, 5) is 0. The predicted octanol–water partition coefficient (Wildman–Crippen LogP) is 10.5. The van der Waals surface area contributed by atoms with Crippen molar-refractivity contribution in [2.45, 2.75) is 177 Å². The molecule has 0 aliphatic heterocycles. The Hall–Kier alpha value is 1.06. The van der Waals surface area contributed by atoms with Gasteiger partial charge in [-0.15, -0.1) is 0 Å². The van der Waals surface area contributed by atoms with Gasteiger partial charge in [-0.3, -0.25) is 0 Å². The van der Waals surface area contributed by atoms with Crippen molar-refractivity contribution in [2.75, 3.05) is 0 Å². The molecule has 0 spiro atoms. The van der Waals surface area contributed by atoms with Gasteiger partial charge in [0.15, 0.2) is 0 Å². The second-order valence-electron chi connectivity index (χ2n) is 12.6. The Kier molecular flexibility index (Phi) is 11.7. The van der Waals surface area contributed by atoms with Crippen LogP contribution < -0.4 is 0 Å². The zero-order valence-electron chi connectivity index (χ0n) is 21.1. The lowest BCUT2D eigenvalue weighted by atomic mass is 9.99. The average Bonchev–Trinajstić information content (AvgIpc) is 2.86. The van der Waals surface area contributed by atoms with Gasteiger partial charge in [0.25, 0.3) is 28.3 Å². The third kappa shape index (κ3) is 8.06. The van der Waals surface area contributed by atoms with Crippen molar-refractivity contribution in [3.63, 3.8) is 0 Å². The van der Waals surface area contributed by atoms with Crippen LogP contribution in [0.2, 0.25) is 29.7 Å². The van der Waals surface area contributed by atoms with Gasteiger partial charge >= 0.3 is 0 Å². The van der Waals surface area contributed by atoms with E-state index in [0.717, 1.165) is 0 Å². The molecule has 0 amide bonds. The Morgan fingerprint density at radius 2 is 0.581 bits per heavy atom. The Bertz CT molecular complexity index is 375. The molecule has 0 radical (unpaired) electrons. The summed E-state index contributed by atoms with van der Waals surface area (Å²) in [5, 5.41) is 3.49. The van der Waals surface area contributed by atoms with E-state index in [1.54, 1.807) is 158 Å². The van der Waals surface area contributed by atoms with Gasteiger partial charge in [0.2, 0.25) is 0 Å². The van der Waals surface area contributed by atoms with E-state index in [-0.39, 0.29) is 0 Å². The van der Waals surface area contributed by atoms with Crippen LogP contribution >= 0.6 is 0 Å². The highest BCUT2D eigenvalue weighted by Crippen LogP contribution is 2.45. The molecule has 0 N–H and O–H groups in total. The molecule has 0 atom stereocenters. The molecule has 0 unspecified atom stereocenters. The van der Waals surface area contributed by atoms with Crippen molar-refractivity contribution in [3.05, 3.63) is 0 Å². The molecule has 0 bridgehead atoms. The van der Waals surface area contributed by atoms with E-state index in [1.165, 1.54) is 19.1 Å². The molecule has 4 aliphatic carbocycles. The van der Waals surface area contributed by atoms with E-state index in [9.17, 15) is 0 Å². The molecule has 4 rings (SSSR count). The fourth-order valence-corrected chi connectivity index (χ4v) is 19.2. The molecular formula is C29H54Al2. The maximum Gasteiger partial charge on any atom is 0.268 e. The minimum absolute atomic E-state index is 0.508. The zero-order chi connectivity index (χ0) is 21.1. The van der Waals surface area contributed by atoms with Gasteiger partial charge in [-0.05, 0) is 0 Å². The average molecular weight is 457 g/mol. The van der Waals surface area contributed by atoms with Gasteiger partial charge in [-0.1, -0.05) is 177 Å². The lowest BCUT2D eigenvalue weighted by Crippen LogP contribution is -2.30. The van der Waals surface area contributed by atoms with Crippen LogP contribution in [-0.4, -0.2) is 28.3 Å². The minimum Gasteiger partial charge on any atom is -0.0935 e. The summed E-state index contributed by atoms with van der Waals surface area (Å²) < 4.78 is 5.01. The highest BCUT2D eigenvalue weighted by Gasteiger charge is 2.37. The maximum atomic E-state index is 1.74. The highest BCUT2D eigenvalue weighted by atomic mass is 27.2. The lowest BCUT2D eigenvalue weighted by Gasteiger charge is -2.35. The molecule has 0 aromatic carbocycles. The Labute approximate surface area is 204 Å². The van der Waals surface area contributed by atoms with E-state index < -0.39 is 28.3 Å². The number of unbranched alkanes of at least 4 members (excludes halogenated alkanes) is 2. The Balaban J connectivity index is 1.23. The smallest absolute Gasteiger partial charge is 0.0935 e. The standard InChI is InChI=1S/4C6H11.C5H10.2Al/c4*1-2-4-6-5-3-1;1-3-5-4-2;;/h4*1H,2-6H2;1-5H2;;. The van der Waals surface area contributed by atoms with Gasteiger partial charge in [0, 0.05) is 0 Å². The molecular weight excluding hydrogens is 402 g/mol. The topological polar surface area (TPSA) is 0 Å². The summed E-state index contributed by atoms with van der Waals surface area (Å²) in [5.41, 5.74) is 0. The molecule has 176 valence electrons. The van der Waals surface area contributed by atoms with Crippen molar-refractivity contribution in [2.24, 2.45) is 0 Å². The second kappa shape index (κ2) is 14.5. The van der Waals surface area contributed by atoms with Crippen LogP contribution in [0.25, 0.3) is 0 Å². The first-order valence-electron chi connectivity index (χ1n) is 15.4. The molecule has 4 aliphatic rings. The zero-order valence-corrected chi connectivity index (χ0v) is 23.5. The van der Waals surface area contributed by atoms with Gasteiger partial charge in [0.05, 0.1) is 0 Å². The molecule has 0 heterocycles. The molecule has 4 saturated carbocycles. The SMILES string of the molecule is C1CC[CH]([Al]([CH2]CCC[CH2][Al]([CH]2CCCCC2)[CH]2CCCCC2)[CH]2CCCCC2)CC1. The van der Waals surface area contributed by atoms with E-state index in [4.69, 9.17) is 0 Å². The molecule has 2 heteroatoms. The van der Waals surface area contributed by atoms with Crippen molar-refractivity contribution in [1.82, 2.24) is 0 Å². The summed E-state index contributed by atoms with van der Waals surface area (Å²) >= 11 is -1.02. The van der Waals surface area contributed by atoms with Crippen molar-refractivity contribution in [1.29, 1.82) is 0 Å². The van der Waals surface area contributed by atoms with Gasteiger partial charge in [-0.2, -0.15) is 0 Å². The number of rotatable bonds is 10. The van der Waals surface area contributed by atoms with Crippen LogP contribution in [0.4, 0.5) is 0 Å². The van der Waals surface area contributed by atoms with Crippen molar-refractivity contribution in [3.8, 4) is 0 Å².